The Hall–Kier alpha value is -6.05. The van der Waals surface area contributed by atoms with Crippen LogP contribution in [-0.2, 0) is 30.4 Å². The van der Waals surface area contributed by atoms with Gasteiger partial charge in [0.05, 0.1) is 23.8 Å². The van der Waals surface area contributed by atoms with Crippen molar-refractivity contribution in [2.45, 2.75) is 69.1 Å². The first-order chi connectivity index (χ1) is 25.1. The number of aromatic amines is 1. The third kappa shape index (κ3) is 8.81. The largest absolute Gasteiger partial charge is 0.480 e. The predicted octanol–water partition coefficient (Wildman–Crippen LogP) is 2.31. The molecule has 3 aromatic carbocycles. The summed E-state index contributed by atoms with van der Waals surface area (Å²) < 4.78 is 0. The van der Waals surface area contributed by atoms with Crippen LogP contribution in [0.2, 0.25) is 0 Å². The van der Waals surface area contributed by atoms with E-state index in [9.17, 15) is 33.9 Å². The Morgan fingerprint density at radius 2 is 1.67 bits per heavy atom. The molecule has 52 heavy (non-hydrogen) atoms. The van der Waals surface area contributed by atoms with Crippen LogP contribution >= 0.6 is 0 Å². The first-order valence-electron chi connectivity index (χ1n) is 17.4. The van der Waals surface area contributed by atoms with Crippen LogP contribution in [-0.4, -0.2) is 92.7 Å². The molecule has 2 fully saturated rings. The van der Waals surface area contributed by atoms with Gasteiger partial charge in [-0.15, -0.1) is 0 Å². The Morgan fingerprint density at radius 3 is 2.44 bits per heavy atom. The van der Waals surface area contributed by atoms with Crippen molar-refractivity contribution in [3.8, 4) is 11.1 Å². The molecule has 2 aliphatic heterocycles. The van der Waals surface area contributed by atoms with Crippen molar-refractivity contribution < 1.29 is 33.9 Å². The number of hydrogen-bond acceptors (Lipinski definition) is 7. The molecule has 0 unspecified atom stereocenters. The molecule has 2 aliphatic rings. The first-order valence-corrected chi connectivity index (χ1v) is 17.4. The maximum atomic E-state index is 14.3. The molecule has 6 rings (SSSR count). The van der Waals surface area contributed by atoms with E-state index in [1.165, 1.54) is 11.2 Å². The number of H-pyrrole nitrogens is 1. The molecule has 0 spiro atoms. The molecule has 0 aliphatic carbocycles. The quantitative estimate of drug-likeness (QED) is 0.168. The highest BCUT2D eigenvalue weighted by Crippen LogP contribution is 2.23. The molecular weight excluding hydrogens is 666 g/mol. The molecule has 14 heteroatoms. The number of benzene rings is 3. The van der Waals surface area contributed by atoms with Gasteiger partial charge in [-0.05, 0) is 67.0 Å². The summed E-state index contributed by atoms with van der Waals surface area (Å²) in [7, 11) is 0. The summed E-state index contributed by atoms with van der Waals surface area (Å²) in [6.07, 6.45) is 2.52. The van der Waals surface area contributed by atoms with E-state index in [4.69, 9.17) is 0 Å². The molecular formula is C38H41N7O7. The minimum Gasteiger partial charge on any atom is -0.480 e. The minimum atomic E-state index is -1.37. The van der Waals surface area contributed by atoms with E-state index < -0.39 is 47.9 Å². The van der Waals surface area contributed by atoms with Gasteiger partial charge in [0, 0.05) is 31.1 Å². The normalized spacial score (nSPS) is 21.6. The zero-order valence-electron chi connectivity index (χ0n) is 28.5. The zero-order valence-corrected chi connectivity index (χ0v) is 28.5. The fourth-order valence-electron chi connectivity index (χ4n) is 6.71. The molecule has 5 amide bonds. The molecule has 4 atom stereocenters. The lowest BCUT2D eigenvalue weighted by atomic mass is 10.0. The maximum Gasteiger partial charge on any atom is 0.326 e. The smallest absolute Gasteiger partial charge is 0.326 e. The van der Waals surface area contributed by atoms with Crippen molar-refractivity contribution in [3.63, 3.8) is 0 Å². The number of aromatic nitrogens is 2. The number of rotatable bonds is 7. The van der Waals surface area contributed by atoms with E-state index in [0.29, 0.717) is 36.0 Å². The summed E-state index contributed by atoms with van der Waals surface area (Å²) >= 11 is 0. The Labute approximate surface area is 299 Å². The Kier molecular flexibility index (Phi) is 11.2. The number of imidazole rings is 1. The fraction of sp³-hybridized carbons (Fsp3) is 0.342. The highest BCUT2D eigenvalue weighted by molar-refractivity contribution is 6.00. The van der Waals surface area contributed by atoms with Crippen LogP contribution in [0.15, 0.2) is 79.1 Å². The third-order valence-electron chi connectivity index (χ3n) is 9.48. The van der Waals surface area contributed by atoms with Crippen molar-refractivity contribution in [2.24, 2.45) is 0 Å². The highest BCUT2D eigenvalue weighted by atomic mass is 16.4. The number of carbonyl (C=O) groups is 6. The highest BCUT2D eigenvalue weighted by Gasteiger charge is 2.43. The number of carbonyl (C=O) groups excluding carboxylic acids is 5. The van der Waals surface area contributed by atoms with Gasteiger partial charge in [-0.2, -0.15) is 0 Å². The van der Waals surface area contributed by atoms with E-state index in [1.807, 2.05) is 54.6 Å². The molecule has 0 saturated carbocycles. The Morgan fingerprint density at radius 1 is 0.904 bits per heavy atom. The molecule has 14 nitrogen and oxygen atoms in total. The monoisotopic (exact) mass is 707 g/mol. The van der Waals surface area contributed by atoms with Crippen LogP contribution in [0.1, 0.15) is 54.4 Å². The summed E-state index contributed by atoms with van der Waals surface area (Å²) in [6.45, 7) is 0.267. The van der Waals surface area contributed by atoms with Gasteiger partial charge in [-0.25, -0.2) is 9.78 Å². The van der Waals surface area contributed by atoms with Crippen LogP contribution < -0.4 is 21.3 Å². The number of amides is 5. The van der Waals surface area contributed by atoms with Crippen molar-refractivity contribution in [1.82, 2.24) is 36.1 Å². The van der Waals surface area contributed by atoms with Crippen molar-refractivity contribution in [2.75, 3.05) is 13.1 Å². The van der Waals surface area contributed by atoms with E-state index in [2.05, 4.69) is 31.2 Å². The second kappa shape index (κ2) is 16.3. The van der Waals surface area contributed by atoms with Crippen LogP contribution in [0.3, 0.4) is 0 Å². The van der Waals surface area contributed by atoms with Crippen LogP contribution in [0.5, 0.6) is 0 Å². The second-order valence-electron chi connectivity index (χ2n) is 13.2. The first kappa shape index (κ1) is 35.8. The standard InChI is InChI=1S/C38H41N7O7/c46-33-16-15-30(38(51)52)44-36(49)32-20-27(42-34(47)18-23-9-11-25(12-10-23)24-6-2-1-3-7-24)21-45(32)37(50)29(8-4-5-17-39-33)43-35(48)26-13-14-28-31(19-26)41-22-40-28/h1-3,6-7,9-14,19,22,27,29-30,32H,4-5,8,15-18,20-21H2,(H,39,46)(H,40,41)(H,42,47)(H,43,48)(H,44,49)(H,51,52)/t27-,29+,30+,32+/m1/s1. The van der Waals surface area contributed by atoms with E-state index in [-0.39, 0.29) is 50.5 Å². The van der Waals surface area contributed by atoms with Crippen LogP contribution in [0.4, 0.5) is 0 Å². The average molecular weight is 708 g/mol. The van der Waals surface area contributed by atoms with Gasteiger partial charge in [-0.3, -0.25) is 24.0 Å². The van der Waals surface area contributed by atoms with Crippen LogP contribution in [0, 0.1) is 0 Å². The molecule has 4 aromatic rings. The number of carboxylic acids is 1. The van der Waals surface area contributed by atoms with Gasteiger partial charge in [0.25, 0.3) is 5.91 Å². The van der Waals surface area contributed by atoms with Gasteiger partial charge in [-0.1, -0.05) is 54.6 Å². The summed E-state index contributed by atoms with van der Waals surface area (Å²) in [5, 5.41) is 20.9. The van der Waals surface area contributed by atoms with Crippen molar-refractivity contribution >= 4 is 46.5 Å². The van der Waals surface area contributed by atoms with Gasteiger partial charge in [0.1, 0.15) is 18.1 Å². The van der Waals surface area contributed by atoms with Gasteiger partial charge < -0.3 is 36.3 Å². The molecule has 2 saturated heterocycles. The minimum absolute atomic E-state index is 0.0279. The lowest BCUT2D eigenvalue weighted by molar-refractivity contribution is -0.144. The molecule has 1 aromatic heterocycles. The van der Waals surface area contributed by atoms with E-state index in [1.54, 1.807) is 18.2 Å². The lowest BCUT2D eigenvalue weighted by Gasteiger charge is -2.29. The van der Waals surface area contributed by atoms with Gasteiger partial charge in [0.15, 0.2) is 0 Å². The Balaban J connectivity index is 1.20. The predicted molar refractivity (Wildman–Crippen MR) is 191 cm³/mol. The van der Waals surface area contributed by atoms with Gasteiger partial charge >= 0.3 is 5.97 Å². The Bertz CT molecular complexity index is 1950. The molecule has 270 valence electrons. The van der Waals surface area contributed by atoms with Crippen LogP contribution in [0.25, 0.3) is 22.2 Å². The lowest BCUT2D eigenvalue weighted by Crippen LogP contribution is -2.55. The van der Waals surface area contributed by atoms with E-state index in [0.717, 1.165) is 16.7 Å². The maximum absolute atomic E-state index is 14.3. The number of fused-ring (bicyclic) bond motifs is 2. The number of carboxylic acid groups (broad SMARTS) is 1. The number of hydrogen-bond donors (Lipinski definition) is 6. The number of nitrogens with one attached hydrogen (secondary N) is 5. The molecule has 0 radical (unpaired) electrons. The second-order valence-corrected chi connectivity index (χ2v) is 13.2. The molecule has 0 bridgehead atoms. The molecule has 6 N–H and O–H groups in total. The fourth-order valence-corrected chi connectivity index (χ4v) is 6.71. The third-order valence-corrected chi connectivity index (χ3v) is 9.48. The SMILES string of the molecule is O=C1CC[C@@H](C(=O)O)NC(=O)[C@@H]2C[C@@H](NC(=O)Cc3ccc(-c4ccccc4)cc3)CN2C(=O)[C@@H](NC(=O)c2ccc3nc[nH]c3c2)CCCCN1. The average Bonchev–Trinajstić information content (AvgIpc) is 3.79. The zero-order chi connectivity index (χ0) is 36.6. The summed E-state index contributed by atoms with van der Waals surface area (Å²) in [5.74, 6) is -3.74. The van der Waals surface area contributed by atoms with E-state index >= 15 is 0 Å². The molecule has 3 heterocycles. The summed E-state index contributed by atoms with van der Waals surface area (Å²) in [6, 6.07) is 18.2. The summed E-state index contributed by atoms with van der Waals surface area (Å²) in [5.41, 5.74) is 4.46. The van der Waals surface area contributed by atoms with Crippen molar-refractivity contribution in [1.29, 1.82) is 0 Å². The summed E-state index contributed by atoms with van der Waals surface area (Å²) in [4.78, 5) is 87.7. The number of nitrogens with zero attached hydrogens (tertiary/aromatic N) is 2. The number of aliphatic carboxylic acids is 1. The van der Waals surface area contributed by atoms with Gasteiger partial charge in [0.2, 0.25) is 23.6 Å². The topological polar surface area (TPSA) is 203 Å². The van der Waals surface area contributed by atoms with Crippen molar-refractivity contribution in [3.05, 3.63) is 90.3 Å².